The lowest BCUT2D eigenvalue weighted by Gasteiger charge is -2.18. The molecular formula is C11H12F3N3OS. The van der Waals surface area contributed by atoms with Crippen molar-refractivity contribution in [3.8, 4) is 0 Å². The van der Waals surface area contributed by atoms with Crippen LogP contribution in [0.25, 0.3) is 0 Å². The summed E-state index contributed by atoms with van der Waals surface area (Å²) in [7, 11) is 0. The SMILES string of the molecule is NC(=S)C(NC(=O)NCC(F)(F)F)c1ccccc1. The number of carbonyl (C=O) groups is 1. The van der Waals surface area contributed by atoms with Crippen molar-refractivity contribution in [3.05, 3.63) is 35.9 Å². The maximum Gasteiger partial charge on any atom is 0.405 e. The first kappa shape index (κ1) is 15.2. The molecule has 0 saturated carbocycles. The Kier molecular flexibility index (Phi) is 5.11. The highest BCUT2D eigenvalue weighted by atomic mass is 32.1. The summed E-state index contributed by atoms with van der Waals surface area (Å²) in [5, 5.41) is 3.98. The largest absolute Gasteiger partial charge is 0.405 e. The maximum absolute atomic E-state index is 11.9. The van der Waals surface area contributed by atoms with Gasteiger partial charge < -0.3 is 16.4 Å². The lowest BCUT2D eigenvalue weighted by Crippen LogP contribution is -2.45. The van der Waals surface area contributed by atoms with Gasteiger partial charge in [-0.15, -0.1) is 0 Å². The monoisotopic (exact) mass is 291 g/mol. The molecule has 1 atom stereocenters. The van der Waals surface area contributed by atoms with E-state index in [1.54, 1.807) is 35.6 Å². The number of carbonyl (C=O) groups excluding carboxylic acids is 1. The van der Waals surface area contributed by atoms with Crippen LogP contribution in [0.1, 0.15) is 11.6 Å². The van der Waals surface area contributed by atoms with E-state index in [9.17, 15) is 18.0 Å². The molecule has 104 valence electrons. The van der Waals surface area contributed by atoms with Gasteiger partial charge in [0.15, 0.2) is 0 Å². The molecule has 0 radical (unpaired) electrons. The number of nitrogens with two attached hydrogens (primary N) is 1. The third-order valence-corrected chi connectivity index (χ3v) is 2.38. The molecule has 0 spiro atoms. The molecule has 4 nitrogen and oxygen atoms in total. The zero-order valence-corrected chi connectivity index (χ0v) is 10.5. The molecular weight excluding hydrogens is 279 g/mol. The summed E-state index contributed by atoms with van der Waals surface area (Å²) in [6.07, 6.45) is -4.47. The van der Waals surface area contributed by atoms with Crippen molar-refractivity contribution >= 4 is 23.2 Å². The van der Waals surface area contributed by atoms with Crippen LogP contribution in [0.3, 0.4) is 0 Å². The van der Waals surface area contributed by atoms with E-state index in [0.29, 0.717) is 5.56 Å². The van der Waals surface area contributed by atoms with Crippen LogP contribution in [0, 0.1) is 0 Å². The molecule has 0 heterocycles. The third kappa shape index (κ3) is 5.56. The van der Waals surface area contributed by atoms with Crippen LogP contribution in [-0.4, -0.2) is 23.7 Å². The molecule has 4 N–H and O–H groups in total. The fraction of sp³-hybridized carbons (Fsp3) is 0.273. The molecule has 0 aliphatic heterocycles. The van der Waals surface area contributed by atoms with Crippen molar-refractivity contribution in [2.75, 3.05) is 6.54 Å². The summed E-state index contributed by atoms with van der Waals surface area (Å²) >= 11 is 4.79. The Morgan fingerprint density at radius 2 is 1.89 bits per heavy atom. The van der Waals surface area contributed by atoms with E-state index >= 15 is 0 Å². The number of amides is 2. The number of hydrogen-bond acceptors (Lipinski definition) is 2. The van der Waals surface area contributed by atoms with Crippen LogP contribution in [0.4, 0.5) is 18.0 Å². The molecule has 1 unspecified atom stereocenters. The molecule has 0 aliphatic rings. The van der Waals surface area contributed by atoms with Gasteiger partial charge in [0.2, 0.25) is 0 Å². The quantitative estimate of drug-likeness (QED) is 0.742. The number of halogens is 3. The highest BCUT2D eigenvalue weighted by Gasteiger charge is 2.28. The second-order valence-corrected chi connectivity index (χ2v) is 4.16. The molecule has 1 aromatic carbocycles. The van der Waals surface area contributed by atoms with Gasteiger partial charge in [-0.2, -0.15) is 13.2 Å². The van der Waals surface area contributed by atoms with Crippen LogP contribution >= 0.6 is 12.2 Å². The first-order valence-corrected chi connectivity index (χ1v) is 5.66. The standard InChI is InChI=1S/C11H12F3N3OS/c12-11(13,14)6-16-10(18)17-8(9(15)19)7-4-2-1-3-5-7/h1-5,8H,6H2,(H2,15,19)(H2,16,17,18). The van der Waals surface area contributed by atoms with Gasteiger partial charge in [0.25, 0.3) is 0 Å². The number of benzene rings is 1. The molecule has 19 heavy (non-hydrogen) atoms. The van der Waals surface area contributed by atoms with E-state index in [2.05, 4.69) is 5.32 Å². The summed E-state index contributed by atoms with van der Waals surface area (Å²) in [6.45, 7) is -1.42. The molecule has 0 bridgehead atoms. The second kappa shape index (κ2) is 6.37. The Morgan fingerprint density at radius 3 is 2.37 bits per heavy atom. The number of rotatable bonds is 4. The van der Waals surface area contributed by atoms with Crippen molar-refractivity contribution in [3.63, 3.8) is 0 Å². The van der Waals surface area contributed by atoms with E-state index in [0.717, 1.165) is 0 Å². The van der Waals surface area contributed by atoms with Crippen LogP contribution in [0.15, 0.2) is 30.3 Å². The van der Waals surface area contributed by atoms with Crippen LogP contribution < -0.4 is 16.4 Å². The van der Waals surface area contributed by atoms with Gasteiger partial charge >= 0.3 is 12.2 Å². The first-order chi connectivity index (χ1) is 8.79. The summed E-state index contributed by atoms with van der Waals surface area (Å²) in [5.74, 6) is 0. The Hall–Kier alpha value is -1.83. The van der Waals surface area contributed by atoms with E-state index in [-0.39, 0.29) is 4.99 Å². The van der Waals surface area contributed by atoms with E-state index in [1.807, 2.05) is 0 Å². The van der Waals surface area contributed by atoms with E-state index in [1.165, 1.54) is 0 Å². The Balaban J connectivity index is 2.65. The number of hydrogen-bond donors (Lipinski definition) is 3. The van der Waals surface area contributed by atoms with Crippen LogP contribution in [-0.2, 0) is 0 Å². The minimum atomic E-state index is -4.47. The highest BCUT2D eigenvalue weighted by molar-refractivity contribution is 7.80. The van der Waals surface area contributed by atoms with Gasteiger partial charge in [0, 0.05) is 0 Å². The average molecular weight is 291 g/mol. The van der Waals surface area contributed by atoms with E-state index < -0.39 is 24.8 Å². The fourth-order valence-corrected chi connectivity index (χ4v) is 1.52. The molecule has 0 saturated heterocycles. The first-order valence-electron chi connectivity index (χ1n) is 5.25. The van der Waals surface area contributed by atoms with Gasteiger partial charge in [0.1, 0.15) is 17.6 Å². The summed E-state index contributed by atoms with van der Waals surface area (Å²) in [6, 6.07) is 6.68. The van der Waals surface area contributed by atoms with Crippen LogP contribution in [0.2, 0.25) is 0 Å². The summed E-state index contributed by atoms with van der Waals surface area (Å²) < 4.78 is 35.8. The van der Waals surface area contributed by atoms with Crippen molar-refractivity contribution in [1.82, 2.24) is 10.6 Å². The summed E-state index contributed by atoms with van der Waals surface area (Å²) in [4.78, 5) is 11.3. The van der Waals surface area contributed by atoms with Gasteiger partial charge in [-0.1, -0.05) is 42.5 Å². The van der Waals surface area contributed by atoms with E-state index in [4.69, 9.17) is 18.0 Å². The van der Waals surface area contributed by atoms with Crippen LogP contribution in [0.5, 0.6) is 0 Å². The minimum Gasteiger partial charge on any atom is -0.391 e. The number of thiocarbonyl (C=S) groups is 1. The smallest absolute Gasteiger partial charge is 0.391 e. The molecule has 8 heteroatoms. The second-order valence-electron chi connectivity index (χ2n) is 3.69. The fourth-order valence-electron chi connectivity index (χ4n) is 1.33. The van der Waals surface area contributed by atoms with Crippen molar-refractivity contribution in [2.45, 2.75) is 12.2 Å². The zero-order chi connectivity index (χ0) is 14.5. The lowest BCUT2D eigenvalue weighted by molar-refractivity contribution is -0.122. The predicted molar refractivity (Wildman–Crippen MR) is 68.6 cm³/mol. The zero-order valence-electron chi connectivity index (χ0n) is 9.70. The average Bonchev–Trinajstić information content (AvgIpc) is 2.33. The molecule has 0 aromatic heterocycles. The number of urea groups is 1. The molecule has 1 rings (SSSR count). The summed E-state index contributed by atoms with van der Waals surface area (Å²) in [5.41, 5.74) is 6.06. The Morgan fingerprint density at radius 1 is 1.32 bits per heavy atom. The number of nitrogens with one attached hydrogen (secondary N) is 2. The molecule has 0 aliphatic carbocycles. The normalized spacial score (nSPS) is 12.6. The van der Waals surface area contributed by atoms with Crippen molar-refractivity contribution < 1.29 is 18.0 Å². The minimum absolute atomic E-state index is 0.0339. The molecule has 2 amide bonds. The molecule has 1 aromatic rings. The molecule has 0 fully saturated rings. The van der Waals surface area contributed by atoms with Gasteiger partial charge in [-0.3, -0.25) is 0 Å². The maximum atomic E-state index is 11.9. The van der Waals surface area contributed by atoms with Crippen molar-refractivity contribution in [2.24, 2.45) is 5.73 Å². The Labute approximate surface area is 113 Å². The highest BCUT2D eigenvalue weighted by Crippen LogP contribution is 2.14. The lowest BCUT2D eigenvalue weighted by atomic mass is 10.1. The third-order valence-electron chi connectivity index (χ3n) is 2.14. The number of alkyl halides is 3. The van der Waals surface area contributed by atoms with Gasteiger partial charge in [-0.05, 0) is 5.56 Å². The topological polar surface area (TPSA) is 67.1 Å². The predicted octanol–water partition coefficient (Wildman–Crippen LogP) is 1.88. The van der Waals surface area contributed by atoms with Crippen molar-refractivity contribution in [1.29, 1.82) is 0 Å². The van der Waals surface area contributed by atoms with Gasteiger partial charge in [0.05, 0.1) is 0 Å². The Bertz CT molecular complexity index is 450. The van der Waals surface area contributed by atoms with Gasteiger partial charge in [-0.25, -0.2) is 4.79 Å².